The van der Waals surface area contributed by atoms with E-state index in [1.54, 1.807) is 0 Å². The number of hydrogen-bond donors (Lipinski definition) is 2. The highest BCUT2D eigenvalue weighted by Gasteiger charge is 2.12. The van der Waals surface area contributed by atoms with Gasteiger partial charge in [-0.05, 0) is 4.57 Å². The summed E-state index contributed by atoms with van der Waals surface area (Å²) in [5.41, 5.74) is 5.03. The zero-order valence-corrected chi connectivity index (χ0v) is 6.49. The molecule has 2 atom stereocenters. The predicted molar refractivity (Wildman–Crippen MR) is 33.8 cm³/mol. The summed E-state index contributed by atoms with van der Waals surface area (Å²) in [6.07, 6.45) is -0.0152. The van der Waals surface area contributed by atoms with E-state index in [-0.39, 0.29) is 13.0 Å². The predicted octanol–water partition coefficient (Wildman–Crippen LogP) is -1.18. The van der Waals surface area contributed by atoms with Crippen LogP contribution in [0.25, 0.3) is 0 Å². The third-order valence-electron chi connectivity index (χ3n) is 0.943. The first-order valence-electron chi connectivity index (χ1n) is 2.79. The fraction of sp³-hybridized carbons (Fsp3) is 0.750. The zero-order chi connectivity index (χ0) is 8.85. The van der Waals surface area contributed by atoms with E-state index in [0.29, 0.717) is 0 Å². The van der Waals surface area contributed by atoms with Crippen LogP contribution in [-0.2, 0) is 13.9 Å². The molecule has 3 N–H and O–H groups in total. The lowest BCUT2D eigenvalue weighted by molar-refractivity contribution is -0.185. The van der Waals surface area contributed by atoms with E-state index in [2.05, 4.69) is 4.52 Å². The summed E-state index contributed by atoms with van der Waals surface area (Å²) in [4.78, 5) is 19.8. The van der Waals surface area contributed by atoms with Gasteiger partial charge in [-0.3, -0.25) is 4.79 Å². The number of carbonyl (C=O) groups is 1. The fourth-order valence-electron chi connectivity index (χ4n) is 0.378. The van der Waals surface area contributed by atoms with E-state index in [9.17, 15) is 14.3 Å². The van der Waals surface area contributed by atoms with Gasteiger partial charge in [0.25, 0.3) is 0 Å². The van der Waals surface area contributed by atoms with Crippen molar-refractivity contribution in [3.63, 3.8) is 0 Å². The van der Waals surface area contributed by atoms with Gasteiger partial charge >= 0.3 is 14.2 Å². The summed E-state index contributed by atoms with van der Waals surface area (Å²) in [5, 5.41) is 8.22. The molecule has 11 heavy (non-hydrogen) atoms. The Kier molecular flexibility index (Phi) is 4.89. The Bertz CT molecular complexity index is 161. The molecular weight excluding hydrogens is 173 g/mol. The fourth-order valence-corrected chi connectivity index (χ4v) is 0.632. The first kappa shape index (κ1) is 10.4. The van der Waals surface area contributed by atoms with E-state index in [4.69, 9.17) is 10.8 Å². The molecule has 0 bridgehead atoms. The molecule has 0 aliphatic heterocycles. The van der Waals surface area contributed by atoms with Gasteiger partial charge in [-0.25, -0.2) is 0 Å². The number of carboxylic acids is 1. The Balaban J connectivity index is 3.39. The summed E-state index contributed by atoms with van der Waals surface area (Å²) in [7, 11) is -2.90. The van der Waals surface area contributed by atoms with E-state index < -0.39 is 20.3 Å². The average Bonchev–Trinajstić information content (AvgIpc) is 1.86. The maximum atomic E-state index is 10.0. The zero-order valence-electron chi connectivity index (χ0n) is 5.60. The minimum atomic E-state index is -2.90. The van der Waals surface area contributed by atoms with Gasteiger partial charge in [-0.1, -0.05) is 0 Å². The SMILES string of the molecule is N[C@@H](CCO[P+](=O)[O-])C(=O)O. The van der Waals surface area contributed by atoms with Gasteiger partial charge in [0.1, 0.15) is 12.6 Å². The molecule has 7 heteroatoms. The van der Waals surface area contributed by atoms with Crippen molar-refractivity contribution in [2.45, 2.75) is 12.5 Å². The molecule has 0 rings (SSSR count). The van der Waals surface area contributed by atoms with E-state index in [0.717, 1.165) is 0 Å². The Morgan fingerprint density at radius 2 is 2.36 bits per heavy atom. The first-order valence-corrected chi connectivity index (χ1v) is 3.89. The Hall–Kier alpha value is -0.550. The van der Waals surface area contributed by atoms with Crippen LogP contribution in [-0.4, -0.2) is 23.7 Å². The second kappa shape index (κ2) is 5.15. The molecule has 0 saturated carbocycles. The van der Waals surface area contributed by atoms with Crippen molar-refractivity contribution in [3.8, 4) is 0 Å². The maximum absolute atomic E-state index is 10.0. The molecule has 0 saturated heterocycles. The third-order valence-corrected chi connectivity index (χ3v) is 1.34. The normalized spacial score (nSPS) is 14.2. The number of nitrogens with two attached hydrogens (primary N) is 1. The van der Waals surface area contributed by atoms with Crippen molar-refractivity contribution in [2.75, 3.05) is 6.61 Å². The van der Waals surface area contributed by atoms with Crippen molar-refractivity contribution >= 4 is 14.2 Å². The monoisotopic (exact) mass is 181 g/mol. The summed E-state index contributed by atoms with van der Waals surface area (Å²) in [6, 6.07) is -1.06. The van der Waals surface area contributed by atoms with Gasteiger partial charge in [0, 0.05) is 6.42 Å². The Morgan fingerprint density at radius 3 is 2.73 bits per heavy atom. The van der Waals surface area contributed by atoms with Crippen molar-refractivity contribution in [3.05, 3.63) is 0 Å². The molecule has 0 aliphatic carbocycles. The van der Waals surface area contributed by atoms with Gasteiger partial charge in [0.15, 0.2) is 0 Å². The van der Waals surface area contributed by atoms with Crippen molar-refractivity contribution in [1.82, 2.24) is 0 Å². The average molecular weight is 181 g/mol. The number of carboxylic acid groups (broad SMARTS) is 1. The van der Waals surface area contributed by atoms with E-state index in [1.165, 1.54) is 0 Å². The lowest BCUT2D eigenvalue weighted by Crippen LogP contribution is -2.31. The highest BCUT2D eigenvalue weighted by Crippen LogP contribution is 2.08. The first-order chi connectivity index (χ1) is 5.04. The third kappa shape index (κ3) is 5.87. The van der Waals surface area contributed by atoms with Crippen molar-refractivity contribution in [2.24, 2.45) is 5.73 Å². The van der Waals surface area contributed by atoms with Crippen LogP contribution in [0.5, 0.6) is 0 Å². The summed E-state index contributed by atoms with van der Waals surface area (Å²) < 4.78 is 13.9. The highest BCUT2D eigenvalue weighted by atomic mass is 31.1. The molecule has 0 spiro atoms. The molecule has 0 aliphatic rings. The van der Waals surface area contributed by atoms with E-state index >= 15 is 0 Å². The van der Waals surface area contributed by atoms with Crippen LogP contribution in [0.1, 0.15) is 6.42 Å². The molecule has 0 fully saturated rings. The van der Waals surface area contributed by atoms with Crippen LogP contribution in [0.3, 0.4) is 0 Å². The number of hydrogen-bond acceptors (Lipinski definition) is 5. The molecule has 6 nitrogen and oxygen atoms in total. The highest BCUT2D eigenvalue weighted by molar-refractivity contribution is 7.30. The van der Waals surface area contributed by atoms with Crippen LogP contribution >= 0.6 is 8.25 Å². The molecule has 64 valence electrons. The van der Waals surface area contributed by atoms with Crippen LogP contribution in [0.4, 0.5) is 0 Å². The largest absolute Gasteiger partial charge is 0.566 e. The molecule has 0 heterocycles. The molecule has 0 radical (unpaired) electrons. The summed E-state index contributed by atoms with van der Waals surface area (Å²) in [5.74, 6) is -1.17. The second-order valence-electron chi connectivity index (χ2n) is 1.79. The van der Waals surface area contributed by atoms with Gasteiger partial charge in [0.2, 0.25) is 0 Å². The second-order valence-corrected chi connectivity index (χ2v) is 2.50. The van der Waals surface area contributed by atoms with Gasteiger partial charge in [0.05, 0.1) is 0 Å². The molecule has 0 aromatic rings. The minimum Gasteiger partial charge on any atom is -0.566 e. The van der Waals surface area contributed by atoms with Crippen LogP contribution in [0.15, 0.2) is 0 Å². The number of rotatable bonds is 5. The quantitative estimate of drug-likeness (QED) is 0.516. The lowest BCUT2D eigenvalue weighted by Gasteiger charge is -2.01. The molecule has 0 aromatic carbocycles. The number of aliphatic carboxylic acids is 1. The van der Waals surface area contributed by atoms with Crippen LogP contribution in [0, 0.1) is 0 Å². The van der Waals surface area contributed by atoms with Gasteiger partial charge in [-0.2, -0.15) is 0 Å². The minimum absolute atomic E-state index is 0.0152. The summed E-state index contributed by atoms with van der Waals surface area (Å²) in [6.45, 7) is -0.188. The Labute approximate surface area is 63.9 Å². The van der Waals surface area contributed by atoms with Crippen molar-refractivity contribution in [1.29, 1.82) is 0 Å². The molecule has 1 unspecified atom stereocenters. The van der Waals surface area contributed by atoms with Crippen LogP contribution in [0.2, 0.25) is 0 Å². The standard InChI is InChI=1S/C4H8NO5P/c5-3(4(6)7)1-2-10-11(8)9/h3H,1-2,5H2,(H,6,7)/t3-/m0/s1. The van der Waals surface area contributed by atoms with Crippen molar-refractivity contribution < 1.29 is 23.9 Å². The Morgan fingerprint density at radius 1 is 1.82 bits per heavy atom. The lowest BCUT2D eigenvalue weighted by atomic mass is 10.2. The molecule has 0 amide bonds. The topological polar surface area (TPSA) is 113 Å². The molecular formula is C4H8NO5P. The van der Waals surface area contributed by atoms with E-state index in [1.807, 2.05) is 0 Å². The molecule has 0 aromatic heterocycles. The maximum Gasteiger partial charge on any atom is 0.488 e. The summed E-state index contributed by atoms with van der Waals surface area (Å²) >= 11 is 0. The van der Waals surface area contributed by atoms with Gasteiger partial charge < -0.3 is 15.7 Å². The smallest absolute Gasteiger partial charge is 0.488 e. The van der Waals surface area contributed by atoms with Gasteiger partial charge in [-0.15, -0.1) is 4.52 Å². The van der Waals surface area contributed by atoms with Crippen LogP contribution < -0.4 is 10.6 Å².